The van der Waals surface area contributed by atoms with E-state index in [2.05, 4.69) is 9.47 Å². The molecule has 0 radical (unpaired) electrons. The van der Waals surface area contributed by atoms with Gasteiger partial charge in [-0.3, -0.25) is 0 Å². The molecule has 1 rings (SSSR count). The summed E-state index contributed by atoms with van der Waals surface area (Å²) in [6, 6.07) is 0. The summed E-state index contributed by atoms with van der Waals surface area (Å²) < 4.78 is 33.4. The standard InChI is InChI=1S/C8H7ClF2O3S2/c1-13-6(12)5-4(14-8(10)11)3(9)7(15-2)16-5/h8H,1-2H3. The van der Waals surface area contributed by atoms with E-state index in [-0.39, 0.29) is 15.6 Å². The second-order valence-corrected chi connectivity index (χ2v) is 4.91. The molecule has 0 saturated heterocycles. The first-order valence-electron chi connectivity index (χ1n) is 3.90. The van der Waals surface area contributed by atoms with Crippen LogP contribution in [0.5, 0.6) is 5.75 Å². The highest BCUT2D eigenvalue weighted by Gasteiger charge is 2.25. The molecule has 0 aliphatic heterocycles. The normalized spacial score (nSPS) is 10.6. The molecule has 0 saturated carbocycles. The summed E-state index contributed by atoms with van der Waals surface area (Å²) in [6.45, 7) is -3.04. The Labute approximate surface area is 104 Å². The Kier molecular flexibility index (Phi) is 4.82. The summed E-state index contributed by atoms with van der Waals surface area (Å²) in [7, 11) is 1.15. The third kappa shape index (κ3) is 2.78. The molecule has 16 heavy (non-hydrogen) atoms. The Morgan fingerprint density at radius 3 is 2.62 bits per heavy atom. The van der Waals surface area contributed by atoms with Gasteiger partial charge in [0.2, 0.25) is 0 Å². The number of rotatable bonds is 4. The first-order valence-corrected chi connectivity index (χ1v) is 6.32. The first-order chi connectivity index (χ1) is 7.51. The minimum Gasteiger partial charge on any atom is -0.465 e. The van der Waals surface area contributed by atoms with Crippen molar-refractivity contribution in [2.24, 2.45) is 0 Å². The summed E-state index contributed by atoms with van der Waals surface area (Å²) in [6.07, 6.45) is 1.71. The van der Waals surface area contributed by atoms with Crippen molar-refractivity contribution < 1.29 is 23.0 Å². The van der Waals surface area contributed by atoms with Gasteiger partial charge in [-0.25, -0.2) is 4.79 Å². The van der Waals surface area contributed by atoms with Crippen LogP contribution in [0.1, 0.15) is 9.67 Å². The molecule has 1 heterocycles. The summed E-state index contributed by atoms with van der Waals surface area (Å²) in [4.78, 5) is 11.2. The van der Waals surface area contributed by atoms with Crippen LogP contribution in [-0.2, 0) is 4.74 Å². The lowest BCUT2D eigenvalue weighted by Crippen LogP contribution is -2.06. The predicted octanol–water partition coefficient (Wildman–Crippen LogP) is 3.51. The zero-order valence-electron chi connectivity index (χ0n) is 8.25. The SMILES string of the molecule is COC(=O)c1sc(SC)c(Cl)c1OC(F)F. The number of esters is 1. The minimum atomic E-state index is -3.04. The monoisotopic (exact) mass is 288 g/mol. The Balaban J connectivity index is 3.19. The summed E-state index contributed by atoms with van der Waals surface area (Å²) in [5.74, 6) is -1.07. The summed E-state index contributed by atoms with van der Waals surface area (Å²) in [5.41, 5.74) is 0. The highest BCUT2D eigenvalue weighted by atomic mass is 35.5. The number of hydrogen-bond acceptors (Lipinski definition) is 5. The molecule has 0 aliphatic rings. The minimum absolute atomic E-state index is 0.0122. The molecule has 0 aromatic carbocycles. The second-order valence-electron chi connectivity index (χ2n) is 2.44. The Bertz CT molecular complexity index is 395. The quantitative estimate of drug-likeness (QED) is 0.627. The number of thioether (sulfide) groups is 1. The van der Waals surface area contributed by atoms with Crippen LogP contribution in [0.25, 0.3) is 0 Å². The average Bonchev–Trinajstić information content (AvgIpc) is 2.55. The maximum Gasteiger partial charge on any atom is 0.387 e. The lowest BCUT2D eigenvalue weighted by atomic mass is 10.4. The smallest absolute Gasteiger partial charge is 0.387 e. The topological polar surface area (TPSA) is 35.5 Å². The van der Waals surface area contributed by atoms with Gasteiger partial charge in [0, 0.05) is 0 Å². The molecule has 0 aliphatic carbocycles. The highest BCUT2D eigenvalue weighted by Crippen LogP contribution is 2.45. The molecule has 0 bridgehead atoms. The van der Waals surface area contributed by atoms with Gasteiger partial charge in [-0.2, -0.15) is 8.78 Å². The molecule has 0 unspecified atom stereocenters. The second kappa shape index (κ2) is 5.70. The van der Waals surface area contributed by atoms with Gasteiger partial charge in [-0.05, 0) is 6.26 Å². The van der Waals surface area contributed by atoms with E-state index in [1.165, 1.54) is 11.8 Å². The van der Waals surface area contributed by atoms with Crippen molar-refractivity contribution in [3.63, 3.8) is 0 Å². The van der Waals surface area contributed by atoms with E-state index in [0.29, 0.717) is 4.21 Å². The molecule has 1 aromatic rings. The number of ether oxygens (including phenoxy) is 2. The van der Waals surface area contributed by atoms with Crippen LogP contribution in [-0.4, -0.2) is 25.9 Å². The number of methoxy groups -OCH3 is 1. The fraction of sp³-hybridized carbons (Fsp3) is 0.375. The van der Waals surface area contributed by atoms with E-state index in [1.807, 2.05) is 0 Å². The number of halogens is 3. The third-order valence-electron chi connectivity index (χ3n) is 1.54. The summed E-state index contributed by atoms with van der Waals surface area (Å²) >= 11 is 8.00. The Morgan fingerprint density at radius 2 is 2.19 bits per heavy atom. The van der Waals surface area contributed by atoms with Crippen molar-refractivity contribution in [3.05, 3.63) is 9.90 Å². The maximum absolute atomic E-state index is 12.1. The van der Waals surface area contributed by atoms with Crippen molar-refractivity contribution in [3.8, 4) is 5.75 Å². The fourth-order valence-corrected chi connectivity index (χ4v) is 3.10. The number of thiophene rings is 1. The van der Waals surface area contributed by atoms with Crippen LogP contribution in [0.3, 0.4) is 0 Å². The molecule has 0 N–H and O–H groups in total. The van der Waals surface area contributed by atoms with Gasteiger partial charge in [0.15, 0.2) is 10.6 Å². The van der Waals surface area contributed by atoms with Crippen LogP contribution in [0, 0.1) is 0 Å². The van der Waals surface area contributed by atoms with Gasteiger partial charge in [0.25, 0.3) is 0 Å². The van der Waals surface area contributed by atoms with Crippen molar-refractivity contribution in [1.82, 2.24) is 0 Å². The van der Waals surface area contributed by atoms with E-state index in [4.69, 9.17) is 11.6 Å². The van der Waals surface area contributed by atoms with Crippen LogP contribution in [0.15, 0.2) is 4.21 Å². The maximum atomic E-state index is 12.1. The first kappa shape index (κ1) is 13.5. The van der Waals surface area contributed by atoms with E-state index in [1.54, 1.807) is 6.26 Å². The lowest BCUT2D eigenvalue weighted by Gasteiger charge is -2.04. The lowest BCUT2D eigenvalue weighted by molar-refractivity contribution is -0.0500. The number of carbonyl (C=O) groups excluding carboxylic acids is 1. The largest absolute Gasteiger partial charge is 0.465 e. The van der Waals surface area contributed by atoms with Crippen molar-refractivity contribution >= 4 is 40.7 Å². The van der Waals surface area contributed by atoms with E-state index >= 15 is 0 Å². The van der Waals surface area contributed by atoms with Gasteiger partial charge < -0.3 is 9.47 Å². The highest BCUT2D eigenvalue weighted by molar-refractivity contribution is 8.00. The van der Waals surface area contributed by atoms with Crippen LogP contribution in [0.4, 0.5) is 8.78 Å². The number of hydrogen-bond donors (Lipinski definition) is 0. The van der Waals surface area contributed by atoms with Gasteiger partial charge in [-0.1, -0.05) is 11.6 Å². The van der Waals surface area contributed by atoms with Crippen LogP contribution >= 0.6 is 34.7 Å². The zero-order valence-corrected chi connectivity index (χ0v) is 10.6. The molecule has 1 aromatic heterocycles. The molecule has 8 heteroatoms. The fourth-order valence-electron chi connectivity index (χ4n) is 0.929. The molecule has 0 fully saturated rings. The average molecular weight is 289 g/mol. The van der Waals surface area contributed by atoms with Gasteiger partial charge in [0.05, 0.1) is 11.3 Å². The molecule has 90 valence electrons. The van der Waals surface area contributed by atoms with E-state index in [9.17, 15) is 13.6 Å². The molecular formula is C8H7ClF2O3S2. The number of carbonyl (C=O) groups is 1. The summed E-state index contributed by atoms with van der Waals surface area (Å²) in [5, 5.41) is 0.0122. The Morgan fingerprint density at radius 1 is 1.56 bits per heavy atom. The molecular weight excluding hydrogens is 282 g/mol. The predicted molar refractivity (Wildman–Crippen MR) is 59.1 cm³/mol. The molecule has 0 spiro atoms. The van der Waals surface area contributed by atoms with Crippen molar-refractivity contribution in [1.29, 1.82) is 0 Å². The molecule has 0 atom stereocenters. The number of alkyl halides is 2. The zero-order chi connectivity index (χ0) is 12.3. The van der Waals surface area contributed by atoms with Gasteiger partial charge in [-0.15, -0.1) is 23.1 Å². The Hall–Kier alpha value is -0.530. The van der Waals surface area contributed by atoms with E-state index in [0.717, 1.165) is 18.4 Å². The van der Waals surface area contributed by atoms with Crippen molar-refractivity contribution in [2.45, 2.75) is 10.8 Å². The van der Waals surface area contributed by atoms with Gasteiger partial charge in [0.1, 0.15) is 5.02 Å². The third-order valence-corrected chi connectivity index (χ3v) is 4.40. The molecule has 0 amide bonds. The molecule has 3 nitrogen and oxygen atoms in total. The van der Waals surface area contributed by atoms with Gasteiger partial charge >= 0.3 is 12.6 Å². The van der Waals surface area contributed by atoms with Crippen molar-refractivity contribution in [2.75, 3.05) is 13.4 Å². The van der Waals surface area contributed by atoms with Crippen LogP contribution < -0.4 is 4.74 Å². The van der Waals surface area contributed by atoms with Crippen LogP contribution in [0.2, 0.25) is 5.02 Å². The van der Waals surface area contributed by atoms with E-state index < -0.39 is 12.6 Å².